The van der Waals surface area contributed by atoms with Gasteiger partial charge in [-0.05, 0) is 38.6 Å². The third kappa shape index (κ3) is 3.62. The molecular weight excluding hydrogens is 351 g/mol. The van der Waals surface area contributed by atoms with Gasteiger partial charge < -0.3 is 9.16 Å². The minimum Gasteiger partial charge on any atom is -0.543 e. The number of rotatable bonds is 6. The normalized spacial score (nSPS) is 12.4. The van der Waals surface area contributed by atoms with Gasteiger partial charge in [-0.3, -0.25) is 0 Å². The van der Waals surface area contributed by atoms with E-state index in [1.54, 1.807) is 12.1 Å². The molecule has 21 heavy (non-hydrogen) atoms. The number of hydrogen-bond acceptors (Lipinski definition) is 2. The molecule has 1 aromatic rings. The number of methoxy groups -OCH3 is 1. The van der Waals surface area contributed by atoms with Crippen LogP contribution in [0.4, 0.5) is 4.39 Å². The zero-order valence-corrected chi connectivity index (χ0v) is 16.5. The van der Waals surface area contributed by atoms with E-state index in [1.807, 2.05) is 0 Å². The minimum atomic E-state index is -2.04. The molecule has 0 aliphatic carbocycles. The SMILES string of the molecule is COc1cc(O[Si](C(C)C)(C(C)C)C(C)C)cc(Br)c1F. The molecule has 0 unspecified atom stereocenters. The summed E-state index contributed by atoms with van der Waals surface area (Å²) in [6.07, 6.45) is 0. The molecule has 1 aromatic carbocycles. The maximum atomic E-state index is 13.9. The minimum absolute atomic E-state index is 0.207. The van der Waals surface area contributed by atoms with Gasteiger partial charge in [0.15, 0.2) is 11.6 Å². The predicted molar refractivity (Wildman–Crippen MR) is 92.3 cm³/mol. The summed E-state index contributed by atoms with van der Waals surface area (Å²) in [6.45, 7) is 13.3. The molecule has 0 saturated heterocycles. The Balaban J connectivity index is 3.30. The maximum absolute atomic E-state index is 13.9. The first-order valence-electron chi connectivity index (χ1n) is 7.38. The molecule has 0 saturated carbocycles. The molecule has 0 bridgehead atoms. The molecule has 120 valence electrons. The van der Waals surface area contributed by atoms with Gasteiger partial charge in [0, 0.05) is 6.07 Å². The average Bonchev–Trinajstić information content (AvgIpc) is 2.38. The second-order valence-corrected chi connectivity index (χ2v) is 12.6. The third-order valence-corrected chi connectivity index (χ3v) is 10.8. The van der Waals surface area contributed by atoms with Crippen molar-refractivity contribution in [2.75, 3.05) is 7.11 Å². The molecule has 2 nitrogen and oxygen atoms in total. The lowest BCUT2D eigenvalue weighted by molar-refractivity contribution is 0.381. The monoisotopic (exact) mass is 376 g/mol. The van der Waals surface area contributed by atoms with Crippen molar-refractivity contribution in [1.29, 1.82) is 0 Å². The highest BCUT2D eigenvalue weighted by Crippen LogP contribution is 2.44. The zero-order valence-electron chi connectivity index (χ0n) is 14.0. The number of hydrogen-bond donors (Lipinski definition) is 0. The van der Waals surface area contributed by atoms with Crippen LogP contribution in [0.2, 0.25) is 16.6 Å². The van der Waals surface area contributed by atoms with E-state index in [9.17, 15) is 4.39 Å². The van der Waals surface area contributed by atoms with E-state index in [1.165, 1.54) is 7.11 Å². The van der Waals surface area contributed by atoms with Crippen LogP contribution in [-0.4, -0.2) is 15.4 Å². The molecule has 0 amide bonds. The fourth-order valence-corrected chi connectivity index (χ4v) is 8.96. The molecule has 5 heteroatoms. The van der Waals surface area contributed by atoms with Crippen LogP contribution in [0.3, 0.4) is 0 Å². The van der Waals surface area contributed by atoms with Crippen molar-refractivity contribution in [3.8, 4) is 11.5 Å². The summed E-state index contributed by atoms with van der Waals surface area (Å²) in [5, 5.41) is 0. The van der Waals surface area contributed by atoms with E-state index in [4.69, 9.17) is 9.16 Å². The second kappa shape index (κ2) is 7.14. The molecular formula is C16H26BrFO2Si. The van der Waals surface area contributed by atoms with Gasteiger partial charge in [-0.25, -0.2) is 4.39 Å². The molecule has 0 N–H and O–H groups in total. The first kappa shape index (κ1) is 18.5. The van der Waals surface area contributed by atoms with Crippen molar-refractivity contribution in [1.82, 2.24) is 0 Å². The summed E-state index contributed by atoms with van der Waals surface area (Å²) in [6, 6.07) is 3.35. The van der Waals surface area contributed by atoms with Gasteiger partial charge in [0.2, 0.25) is 0 Å². The van der Waals surface area contributed by atoms with E-state index < -0.39 is 14.1 Å². The Bertz CT molecular complexity index is 468. The van der Waals surface area contributed by atoms with E-state index in [0.29, 0.717) is 26.8 Å². The molecule has 0 spiro atoms. The van der Waals surface area contributed by atoms with Crippen LogP contribution in [0, 0.1) is 5.82 Å². The van der Waals surface area contributed by atoms with E-state index >= 15 is 0 Å². The van der Waals surface area contributed by atoms with Crippen LogP contribution >= 0.6 is 15.9 Å². The highest BCUT2D eigenvalue weighted by atomic mass is 79.9. The molecule has 0 aromatic heterocycles. The molecule has 0 aliphatic heterocycles. The number of benzene rings is 1. The lowest BCUT2D eigenvalue weighted by Gasteiger charge is -2.42. The second-order valence-electron chi connectivity index (χ2n) is 6.34. The largest absolute Gasteiger partial charge is 0.543 e. The maximum Gasteiger partial charge on any atom is 0.258 e. The van der Waals surface area contributed by atoms with E-state index in [-0.39, 0.29) is 5.75 Å². The first-order chi connectivity index (χ1) is 9.66. The first-order valence-corrected chi connectivity index (χ1v) is 10.3. The standard InChI is InChI=1S/C16H26BrFO2Si/c1-10(2)21(11(3)4,12(5)6)20-13-8-14(17)16(18)15(9-13)19-7/h8-12H,1-7H3. The fourth-order valence-electron chi connectivity index (χ4n) is 3.31. The molecule has 1 rings (SSSR count). The Morgan fingerprint density at radius 1 is 1.00 bits per heavy atom. The van der Waals surface area contributed by atoms with Crippen molar-refractivity contribution < 1.29 is 13.6 Å². The topological polar surface area (TPSA) is 18.5 Å². The lowest BCUT2D eigenvalue weighted by Crippen LogP contribution is -2.50. The quantitative estimate of drug-likeness (QED) is 0.554. The van der Waals surface area contributed by atoms with Crippen molar-refractivity contribution in [2.24, 2.45) is 0 Å². The average molecular weight is 377 g/mol. The van der Waals surface area contributed by atoms with Crippen molar-refractivity contribution in [3.05, 3.63) is 22.4 Å². The number of halogens is 2. The van der Waals surface area contributed by atoms with Crippen LogP contribution in [0.15, 0.2) is 16.6 Å². The summed E-state index contributed by atoms with van der Waals surface area (Å²) in [5.41, 5.74) is 1.40. The van der Waals surface area contributed by atoms with E-state index in [2.05, 4.69) is 57.5 Å². The predicted octanol–water partition coefficient (Wildman–Crippen LogP) is 6.15. The van der Waals surface area contributed by atoms with Gasteiger partial charge >= 0.3 is 0 Å². The van der Waals surface area contributed by atoms with Crippen LogP contribution in [0.25, 0.3) is 0 Å². The van der Waals surface area contributed by atoms with Gasteiger partial charge in [0.05, 0.1) is 11.6 Å². The van der Waals surface area contributed by atoms with Crippen molar-refractivity contribution in [2.45, 2.75) is 58.2 Å². The highest BCUT2D eigenvalue weighted by molar-refractivity contribution is 9.10. The van der Waals surface area contributed by atoms with Crippen LogP contribution in [0.1, 0.15) is 41.5 Å². The molecule has 0 atom stereocenters. The van der Waals surface area contributed by atoms with Gasteiger partial charge in [-0.15, -0.1) is 0 Å². The summed E-state index contributed by atoms with van der Waals surface area (Å²) in [5.74, 6) is 0.497. The fraction of sp³-hybridized carbons (Fsp3) is 0.625. The van der Waals surface area contributed by atoms with E-state index in [0.717, 1.165) is 0 Å². The summed E-state index contributed by atoms with van der Waals surface area (Å²) in [7, 11) is -0.578. The van der Waals surface area contributed by atoms with Crippen molar-refractivity contribution in [3.63, 3.8) is 0 Å². The Morgan fingerprint density at radius 3 is 1.86 bits per heavy atom. The lowest BCUT2D eigenvalue weighted by atomic mass is 10.3. The molecule has 0 fully saturated rings. The number of ether oxygens (including phenoxy) is 1. The van der Waals surface area contributed by atoms with Crippen LogP contribution < -0.4 is 9.16 Å². The summed E-state index contributed by atoms with van der Waals surface area (Å²) in [4.78, 5) is 0. The third-order valence-electron chi connectivity index (χ3n) is 4.19. The smallest absolute Gasteiger partial charge is 0.258 e. The Morgan fingerprint density at radius 2 is 1.48 bits per heavy atom. The Labute approximate surface area is 137 Å². The molecule has 0 radical (unpaired) electrons. The van der Waals surface area contributed by atoms with Crippen LogP contribution in [0.5, 0.6) is 11.5 Å². The molecule has 0 heterocycles. The van der Waals surface area contributed by atoms with Crippen molar-refractivity contribution >= 4 is 24.2 Å². The summed E-state index contributed by atoms with van der Waals surface area (Å²) < 4.78 is 25.9. The Hall–Kier alpha value is -0.553. The Kier molecular flexibility index (Phi) is 6.29. The zero-order chi connectivity index (χ0) is 16.4. The highest BCUT2D eigenvalue weighted by Gasteiger charge is 2.47. The van der Waals surface area contributed by atoms with Crippen LogP contribution in [-0.2, 0) is 0 Å². The summed E-state index contributed by atoms with van der Waals surface area (Å²) >= 11 is 3.24. The van der Waals surface area contributed by atoms with Gasteiger partial charge in [-0.2, -0.15) is 0 Å². The van der Waals surface area contributed by atoms with Gasteiger partial charge in [0.1, 0.15) is 5.75 Å². The molecule has 0 aliphatic rings. The van der Waals surface area contributed by atoms with Gasteiger partial charge in [0.25, 0.3) is 8.32 Å². The van der Waals surface area contributed by atoms with Gasteiger partial charge in [-0.1, -0.05) is 41.5 Å².